The van der Waals surface area contributed by atoms with E-state index >= 15 is 0 Å². The summed E-state index contributed by atoms with van der Waals surface area (Å²) in [6.45, 7) is 7.68. The smallest absolute Gasteiger partial charge is 0.407 e. The quantitative estimate of drug-likeness (QED) is 0.769. The maximum Gasteiger partial charge on any atom is 0.407 e. The van der Waals surface area contributed by atoms with E-state index in [1.54, 1.807) is 6.20 Å². The SMILES string of the molecule is CC(C)(C)OC(=O)NCCNCCc1cccnc1. The second kappa shape index (κ2) is 7.74. The number of pyridine rings is 1. The minimum Gasteiger partial charge on any atom is -0.444 e. The molecule has 106 valence electrons. The molecule has 0 atom stereocenters. The largest absolute Gasteiger partial charge is 0.444 e. The van der Waals surface area contributed by atoms with Crippen LogP contribution in [0.25, 0.3) is 0 Å². The van der Waals surface area contributed by atoms with Gasteiger partial charge in [0.15, 0.2) is 0 Å². The Labute approximate surface area is 114 Å². The normalized spacial score (nSPS) is 11.1. The number of amides is 1. The van der Waals surface area contributed by atoms with Gasteiger partial charge in [0.1, 0.15) is 5.60 Å². The van der Waals surface area contributed by atoms with Crippen LogP contribution >= 0.6 is 0 Å². The highest BCUT2D eigenvalue weighted by Crippen LogP contribution is 2.05. The average molecular weight is 265 g/mol. The lowest BCUT2D eigenvalue weighted by molar-refractivity contribution is 0.0528. The van der Waals surface area contributed by atoms with E-state index in [0.29, 0.717) is 6.54 Å². The van der Waals surface area contributed by atoms with Crippen LogP contribution in [0.3, 0.4) is 0 Å². The molecule has 1 amide bonds. The lowest BCUT2D eigenvalue weighted by Gasteiger charge is -2.19. The molecule has 0 saturated carbocycles. The van der Waals surface area contributed by atoms with Crippen LogP contribution in [-0.4, -0.2) is 36.3 Å². The third-order valence-electron chi connectivity index (χ3n) is 2.28. The number of carbonyl (C=O) groups excluding carboxylic acids is 1. The summed E-state index contributed by atoms with van der Waals surface area (Å²) in [5, 5.41) is 5.96. The van der Waals surface area contributed by atoms with E-state index in [4.69, 9.17) is 4.74 Å². The molecule has 0 bridgehead atoms. The summed E-state index contributed by atoms with van der Waals surface area (Å²) < 4.78 is 5.13. The Morgan fingerprint density at radius 2 is 2.11 bits per heavy atom. The first-order valence-corrected chi connectivity index (χ1v) is 6.54. The average Bonchev–Trinajstić information content (AvgIpc) is 2.32. The molecule has 0 radical (unpaired) electrons. The minimum atomic E-state index is -0.447. The van der Waals surface area contributed by atoms with E-state index in [2.05, 4.69) is 15.6 Å². The molecule has 2 N–H and O–H groups in total. The number of hydrogen-bond acceptors (Lipinski definition) is 4. The third kappa shape index (κ3) is 8.15. The van der Waals surface area contributed by atoms with Crippen LogP contribution in [-0.2, 0) is 11.2 Å². The Morgan fingerprint density at radius 1 is 1.32 bits per heavy atom. The number of nitrogens with one attached hydrogen (secondary N) is 2. The Balaban J connectivity index is 2.01. The molecule has 0 unspecified atom stereocenters. The zero-order valence-electron chi connectivity index (χ0n) is 11.9. The highest BCUT2D eigenvalue weighted by Gasteiger charge is 2.15. The number of nitrogens with zero attached hydrogens (tertiary/aromatic N) is 1. The molecule has 0 aliphatic heterocycles. The van der Waals surface area contributed by atoms with Crippen molar-refractivity contribution in [3.8, 4) is 0 Å². The first kappa shape index (κ1) is 15.4. The third-order valence-corrected chi connectivity index (χ3v) is 2.28. The van der Waals surface area contributed by atoms with Crippen molar-refractivity contribution < 1.29 is 9.53 Å². The molecule has 0 spiro atoms. The molecule has 19 heavy (non-hydrogen) atoms. The lowest BCUT2D eigenvalue weighted by Crippen LogP contribution is -2.36. The van der Waals surface area contributed by atoms with Gasteiger partial charge in [0, 0.05) is 25.5 Å². The summed E-state index contributed by atoms with van der Waals surface area (Å²) in [5.74, 6) is 0. The molecule has 1 heterocycles. The predicted molar refractivity (Wildman–Crippen MR) is 75.0 cm³/mol. The number of alkyl carbamates (subject to hydrolysis) is 1. The highest BCUT2D eigenvalue weighted by atomic mass is 16.6. The zero-order valence-corrected chi connectivity index (χ0v) is 11.9. The fourth-order valence-electron chi connectivity index (χ4n) is 1.47. The van der Waals surface area contributed by atoms with Crippen molar-refractivity contribution in [2.45, 2.75) is 32.8 Å². The summed E-state index contributed by atoms with van der Waals surface area (Å²) in [6, 6.07) is 3.98. The number of aromatic nitrogens is 1. The maximum absolute atomic E-state index is 11.3. The van der Waals surface area contributed by atoms with Crippen molar-refractivity contribution in [2.24, 2.45) is 0 Å². The van der Waals surface area contributed by atoms with Gasteiger partial charge in [0.25, 0.3) is 0 Å². The Kier molecular flexibility index (Phi) is 6.29. The monoisotopic (exact) mass is 265 g/mol. The van der Waals surface area contributed by atoms with Crippen molar-refractivity contribution in [1.29, 1.82) is 0 Å². The minimum absolute atomic E-state index is 0.374. The van der Waals surface area contributed by atoms with Crippen LogP contribution in [0, 0.1) is 0 Å². The second-order valence-electron chi connectivity index (χ2n) is 5.29. The van der Waals surface area contributed by atoms with E-state index in [1.807, 2.05) is 39.1 Å². The van der Waals surface area contributed by atoms with Gasteiger partial charge in [-0.05, 0) is 45.4 Å². The van der Waals surface area contributed by atoms with Crippen molar-refractivity contribution >= 4 is 6.09 Å². The van der Waals surface area contributed by atoms with Crippen molar-refractivity contribution in [1.82, 2.24) is 15.6 Å². The molecular weight excluding hydrogens is 242 g/mol. The fraction of sp³-hybridized carbons (Fsp3) is 0.571. The van der Waals surface area contributed by atoms with E-state index in [-0.39, 0.29) is 6.09 Å². The summed E-state index contributed by atoms with van der Waals surface area (Å²) in [6.07, 6.45) is 4.18. The standard InChI is InChI=1S/C14H23N3O2/c1-14(2,3)19-13(18)17-10-9-15-8-6-12-5-4-7-16-11-12/h4-5,7,11,15H,6,8-10H2,1-3H3,(H,17,18). The topological polar surface area (TPSA) is 63.2 Å². The molecule has 5 heteroatoms. The summed E-state index contributed by atoms with van der Waals surface area (Å²) in [7, 11) is 0. The second-order valence-corrected chi connectivity index (χ2v) is 5.29. The Bertz CT molecular complexity index is 374. The van der Waals surface area contributed by atoms with Crippen LogP contribution < -0.4 is 10.6 Å². The van der Waals surface area contributed by atoms with Gasteiger partial charge in [0.2, 0.25) is 0 Å². The number of rotatable bonds is 6. The molecule has 0 aliphatic carbocycles. The van der Waals surface area contributed by atoms with Gasteiger partial charge in [-0.25, -0.2) is 4.79 Å². The molecule has 0 saturated heterocycles. The first-order chi connectivity index (χ1) is 8.97. The van der Waals surface area contributed by atoms with E-state index in [0.717, 1.165) is 19.5 Å². The van der Waals surface area contributed by atoms with Gasteiger partial charge in [-0.3, -0.25) is 4.98 Å². The van der Waals surface area contributed by atoms with Gasteiger partial charge >= 0.3 is 6.09 Å². The van der Waals surface area contributed by atoms with E-state index in [1.165, 1.54) is 5.56 Å². The van der Waals surface area contributed by atoms with Gasteiger partial charge < -0.3 is 15.4 Å². The maximum atomic E-state index is 11.3. The molecule has 1 aromatic heterocycles. The fourth-order valence-corrected chi connectivity index (χ4v) is 1.47. The van der Waals surface area contributed by atoms with Crippen molar-refractivity contribution in [2.75, 3.05) is 19.6 Å². The molecule has 1 rings (SSSR count). The van der Waals surface area contributed by atoms with Gasteiger partial charge in [0.05, 0.1) is 0 Å². The Morgan fingerprint density at radius 3 is 2.74 bits per heavy atom. The van der Waals surface area contributed by atoms with Crippen LogP contribution in [0.4, 0.5) is 4.79 Å². The molecule has 0 fully saturated rings. The number of hydrogen-bond donors (Lipinski definition) is 2. The molecule has 0 aliphatic rings. The highest BCUT2D eigenvalue weighted by molar-refractivity contribution is 5.67. The van der Waals surface area contributed by atoms with Gasteiger partial charge in [-0.2, -0.15) is 0 Å². The lowest BCUT2D eigenvalue weighted by atomic mass is 10.2. The van der Waals surface area contributed by atoms with Crippen molar-refractivity contribution in [3.05, 3.63) is 30.1 Å². The molecular formula is C14H23N3O2. The van der Waals surface area contributed by atoms with Crippen LogP contribution in [0.5, 0.6) is 0 Å². The van der Waals surface area contributed by atoms with Crippen LogP contribution in [0.2, 0.25) is 0 Å². The van der Waals surface area contributed by atoms with Crippen LogP contribution in [0.1, 0.15) is 26.3 Å². The van der Waals surface area contributed by atoms with Gasteiger partial charge in [-0.1, -0.05) is 6.07 Å². The van der Waals surface area contributed by atoms with Gasteiger partial charge in [-0.15, -0.1) is 0 Å². The number of ether oxygens (including phenoxy) is 1. The molecule has 5 nitrogen and oxygen atoms in total. The van der Waals surface area contributed by atoms with Crippen LogP contribution in [0.15, 0.2) is 24.5 Å². The predicted octanol–water partition coefficient (Wildman–Crippen LogP) is 1.74. The molecule has 1 aromatic rings. The molecule has 0 aromatic carbocycles. The Hall–Kier alpha value is -1.62. The zero-order chi connectivity index (χ0) is 14.1. The summed E-state index contributed by atoms with van der Waals surface area (Å²) in [4.78, 5) is 15.4. The number of carbonyl (C=O) groups is 1. The van der Waals surface area contributed by atoms with Crippen molar-refractivity contribution in [3.63, 3.8) is 0 Å². The first-order valence-electron chi connectivity index (χ1n) is 6.54. The summed E-state index contributed by atoms with van der Waals surface area (Å²) in [5.41, 5.74) is 0.757. The summed E-state index contributed by atoms with van der Waals surface area (Å²) >= 11 is 0. The van der Waals surface area contributed by atoms with E-state index in [9.17, 15) is 4.79 Å². The van der Waals surface area contributed by atoms with E-state index < -0.39 is 5.60 Å².